The van der Waals surface area contributed by atoms with Gasteiger partial charge in [0.05, 0.1) is 6.04 Å². The summed E-state index contributed by atoms with van der Waals surface area (Å²) in [6.07, 6.45) is 8.76. The highest BCUT2D eigenvalue weighted by molar-refractivity contribution is 5.83. The van der Waals surface area contributed by atoms with E-state index in [4.69, 9.17) is 4.74 Å². The SMILES string of the molecule is O=C1[C@H]2C[C@H](CCN2CCC2CCOCC2)CN1CC1CC1. The van der Waals surface area contributed by atoms with Crippen LogP contribution in [0, 0.1) is 17.8 Å². The third-order valence-electron chi connectivity index (χ3n) is 6.24. The lowest BCUT2D eigenvalue weighted by molar-refractivity contribution is -0.146. The summed E-state index contributed by atoms with van der Waals surface area (Å²) >= 11 is 0. The zero-order valence-electron chi connectivity index (χ0n) is 13.7. The molecule has 0 aromatic carbocycles. The number of carbonyl (C=O) groups is 1. The van der Waals surface area contributed by atoms with Crippen molar-refractivity contribution in [2.24, 2.45) is 17.8 Å². The molecule has 1 saturated carbocycles. The average Bonchev–Trinajstić information content (AvgIpc) is 3.36. The minimum Gasteiger partial charge on any atom is -0.381 e. The number of hydrogen-bond acceptors (Lipinski definition) is 3. The Hall–Kier alpha value is -0.610. The molecule has 0 spiro atoms. The lowest BCUT2D eigenvalue weighted by Gasteiger charge is -2.47. The van der Waals surface area contributed by atoms with E-state index >= 15 is 0 Å². The van der Waals surface area contributed by atoms with Gasteiger partial charge in [0, 0.05) is 26.3 Å². The molecule has 0 N–H and O–H groups in total. The fourth-order valence-corrected chi connectivity index (χ4v) is 4.55. The highest BCUT2D eigenvalue weighted by atomic mass is 16.5. The molecular weight excluding hydrogens is 276 g/mol. The van der Waals surface area contributed by atoms with Crippen LogP contribution in [0.2, 0.25) is 0 Å². The Kier molecular flexibility index (Phi) is 4.40. The molecule has 1 amide bonds. The second-order valence-corrected chi connectivity index (χ2v) is 7.97. The van der Waals surface area contributed by atoms with Crippen molar-refractivity contribution < 1.29 is 9.53 Å². The van der Waals surface area contributed by atoms with Crippen LogP contribution in [0.3, 0.4) is 0 Å². The van der Waals surface area contributed by atoms with Gasteiger partial charge in [-0.2, -0.15) is 0 Å². The first kappa shape index (κ1) is 14.9. The van der Waals surface area contributed by atoms with Gasteiger partial charge in [0.25, 0.3) is 0 Å². The van der Waals surface area contributed by atoms with Crippen molar-refractivity contribution in [2.45, 2.75) is 51.0 Å². The zero-order chi connectivity index (χ0) is 14.9. The Balaban J connectivity index is 1.33. The van der Waals surface area contributed by atoms with Gasteiger partial charge < -0.3 is 9.64 Å². The molecule has 4 nitrogen and oxygen atoms in total. The van der Waals surface area contributed by atoms with Gasteiger partial charge in [0.1, 0.15) is 0 Å². The Morgan fingerprint density at radius 3 is 2.64 bits per heavy atom. The number of rotatable bonds is 5. The molecule has 4 aliphatic rings. The minimum atomic E-state index is 0.200. The van der Waals surface area contributed by atoms with Crippen molar-refractivity contribution in [3.05, 3.63) is 0 Å². The van der Waals surface area contributed by atoms with Crippen molar-refractivity contribution in [3.63, 3.8) is 0 Å². The summed E-state index contributed by atoms with van der Waals surface area (Å²) in [7, 11) is 0. The van der Waals surface area contributed by atoms with Crippen LogP contribution >= 0.6 is 0 Å². The first-order valence-corrected chi connectivity index (χ1v) is 9.40. The van der Waals surface area contributed by atoms with Crippen LogP contribution in [-0.4, -0.2) is 61.1 Å². The molecule has 4 fully saturated rings. The summed E-state index contributed by atoms with van der Waals surface area (Å²) < 4.78 is 5.46. The lowest BCUT2D eigenvalue weighted by Crippen LogP contribution is -2.59. The third-order valence-corrected chi connectivity index (χ3v) is 6.24. The van der Waals surface area contributed by atoms with Gasteiger partial charge in [0.15, 0.2) is 0 Å². The molecule has 4 rings (SSSR count). The maximum absolute atomic E-state index is 12.8. The Morgan fingerprint density at radius 1 is 1.05 bits per heavy atom. The minimum absolute atomic E-state index is 0.200. The van der Waals surface area contributed by atoms with Gasteiger partial charge in [-0.1, -0.05) is 0 Å². The van der Waals surface area contributed by atoms with E-state index in [2.05, 4.69) is 9.80 Å². The summed E-state index contributed by atoms with van der Waals surface area (Å²) in [6, 6.07) is 0.200. The van der Waals surface area contributed by atoms with Crippen LogP contribution in [0.25, 0.3) is 0 Å². The van der Waals surface area contributed by atoms with Crippen molar-refractivity contribution in [2.75, 3.05) is 39.4 Å². The van der Waals surface area contributed by atoms with Crippen LogP contribution < -0.4 is 0 Å². The second-order valence-electron chi connectivity index (χ2n) is 7.97. The van der Waals surface area contributed by atoms with Crippen molar-refractivity contribution >= 4 is 5.91 Å². The summed E-state index contributed by atoms with van der Waals surface area (Å²) in [5.74, 6) is 2.84. The number of nitrogens with zero attached hydrogens (tertiary/aromatic N) is 2. The summed E-state index contributed by atoms with van der Waals surface area (Å²) in [5.41, 5.74) is 0. The molecular formula is C18H30N2O2. The number of piperidine rings is 2. The van der Waals surface area contributed by atoms with Crippen LogP contribution in [0.4, 0.5) is 0 Å². The van der Waals surface area contributed by atoms with Gasteiger partial charge >= 0.3 is 0 Å². The number of hydrogen-bond donors (Lipinski definition) is 0. The van der Waals surface area contributed by atoms with Crippen LogP contribution in [-0.2, 0) is 9.53 Å². The third kappa shape index (κ3) is 3.33. The first-order chi connectivity index (χ1) is 10.8. The van der Waals surface area contributed by atoms with Gasteiger partial charge in [-0.3, -0.25) is 9.69 Å². The van der Waals surface area contributed by atoms with E-state index in [1.165, 1.54) is 38.5 Å². The van der Waals surface area contributed by atoms with Gasteiger partial charge in [-0.05, 0) is 75.8 Å². The number of likely N-dealkylation sites (tertiary alicyclic amines) is 2. The number of amides is 1. The molecule has 2 atom stereocenters. The quantitative estimate of drug-likeness (QED) is 0.780. The fraction of sp³-hybridized carbons (Fsp3) is 0.944. The molecule has 4 heteroatoms. The van der Waals surface area contributed by atoms with Crippen molar-refractivity contribution in [1.29, 1.82) is 0 Å². The topological polar surface area (TPSA) is 32.8 Å². The van der Waals surface area contributed by atoms with Crippen molar-refractivity contribution in [1.82, 2.24) is 9.80 Å². The molecule has 0 aromatic heterocycles. The van der Waals surface area contributed by atoms with E-state index in [9.17, 15) is 4.79 Å². The fourth-order valence-electron chi connectivity index (χ4n) is 4.55. The molecule has 3 heterocycles. The molecule has 1 aliphatic carbocycles. The molecule has 0 unspecified atom stereocenters. The Bertz CT molecular complexity index is 404. The predicted molar refractivity (Wildman–Crippen MR) is 85.5 cm³/mol. The average molecular weight is 306 g/mol. The van der Waals surface area contributed by atoms with E-state index in [0.717, 1.165) is 63.6 Å². The van der Waals surface area contributed by atoms with Gasteiger partial charge in [-0.25, -0.2) is 0 Å². The zero-order valence-corrected chi connectivity index (χ0v) is 13.7. The molecule has 3 saturated heterocycles. The summed E-state index contributed by atoms with van der Waals surface area (Å²) in [6.45, 7) is 6.21. The highest BCUT2D eigenvalue weighted by Gasteiger charge is 2.42. The largest absolute Gasteiger partial charge is 0.381 e. The number of carbonyl (C=O) groups excluding carboxylic acids is 1. The van der Waals surface area contributed by atoms with E-state index in [1.807, 2.05) is 0 Å². The van der Waals surface area contributed by atoms with Crippen LogP contribution in [0.15, 0.2) is 0 Å². The summed E-state index contributed by atoms with van der Waals surface area (Å²) in [5, 5.41) is 0. The van der Waals surface area contributed by atoms with E-state index < -0.39 is 0 Å². The molecule has 2 bridgehead atoms. The molecule has 0 radical (unpaired) electrons. The van der Waals surface area contributed by atoms with E-state index in [1.54, 1.807) is 0 Å². The van der Waals surface area contributed by atoms with Gasteiger partial charge in [0.2, 0.25) is 5.91 Å². The number of fused-ring (bicyclic) bond motifs is 2. The second kappa shape index (κ2) is 6.48. The normalized spacial score (nSPS) is 34.2. The maximum Gasteiger partial charge on any atom is 0.239 e. The smallest absolute Gasteiger partial charge is 0.239 e. The molecule has 3 aliphatic heterocycles. The molecule has 22 heavy (non-hydrogen) atoms. The molecule has 124 valence electrons. The standard InChI is InChI=1S/C18H30N2O2/c21-18-17-11-16(13-20(18)12-15-1-2-15)4-8-19(17)7-3-14-5-9-22-10-6-14/h14-17H,1-13H2/t16-,17+/m0/s1. The predicted octanol–water partition coefficient (Wildman–Crippen LogP) is 2.14. The molecule has 0 aromatic rings. The van der Waals surface area contributed by atoms with Crippen molar-refractivity contribution in [3.8, 4) is 0 Å². The Labute approximate surface area is 134 Å². The summed E-state index contributed by atoms with van der Waals surface area (Å²) in [4.78, 5) is 17.5. The van der Waals surface area contributed by atoms with Gasteiger partial charge in [-0.15, -0.1) is 0 Å². The Morgan fingerprint density at radius 2 is 1.86 bits per heavy atom. The van der Waals surface area contributed by atoms with E-state index in [-0.39, 0.29) is 6.04 Å². The number of ether oxygens (including phenoxy) is 1. The monoisotopic (exact) mass is 306 g/mol. The van der Waals surface area contributed by atoms with Crippen LogP contribution in [0.5, 0.6) is 0 Å². The maximum atomic E-state index is 12.8. The van der Waals surface area contributed by atoms with E-state index in [0.29, 0.717) is 5.91 Å². The lowest BCUT2D eigenvalue weighted by atomic mass is 9.85. The first-order valence-electron chi connectivity index (χ1n) is 9.40. The van der Waals surface area contributed by atoms with Crippen LogP contribution in [0.1, 0.15) is 44.9 Å². The highest BCUT2D eigenvalue weighted by Crippen LogP contribution is 2.35.